The van der Waals surface area contributed by atoms with Crippen molar-refractivity contribution in [2.24, 2.45) is 0 Å². The lowest BCUT2D eigenvalue weighted by molar-refractivity contribution is 0.0773. The van der Waals surface area contributed by atoms with Crippen LogP contribution < -0.4 is 0 Å². The summed E-state index contributed by atoms with van der Waals surface area (Å²) in [5.41, 5.74) is 2.67. The highest BCUT2D eigenvalue weighted by Gasteiger charge is 2.15. The lowest BCUT2D eigenvalue weighted by atomic mass is 10.1. The molecule has 1 heterocycles. The Labute approximate surface area is 134 Å². The number of nitrogens with zero attached hydrogens (tertiary/aromatic N) is 3. The second-order valence-corrected chi connectivity index (χ2v) is 5.39. The number of carbonyl (C=O) groups is 1. The summed E-state index contributed by atoms with van der Waals surface area (Å²) in [5, 5.41) is 8.07. The fourth-order valence-corrected chi connectivity index (χ4v) is 2.21. The zero-order chi connectivity index (χ0) is 16.2. The maximum Gasteiger partial charge on any atom is 0.254 e. The molecule has 0 aliphatic rings. The summed E-state index contributed by atoms with van der Waals surface area (Å²) >= 11 is 0. The average Bonchev–Trinajstić information content (AvgIpc) is 3.04. The molecule has 0 spiro atoms. The number of amides is 1. The van der Waals surface area contributed by atoms with E-state index < -0.39 is 0 Å². The van der Waals surface area contributed by atoms with Crippen molar-refractivity contribution in [1.82, 2.24) is 15.1 Å². The van der Waals surface area contributed by atoms with E-state index >= 15 is 0 Å². The lowest BCUT2D eigenvalue weighted by Gasteiger charge is -2.14. The molecule has 0 atom stereocenters. The van der Waals surface area contributed by atoms with E-state index in [4.69, 9.17) is 4.42 Å². The topological polar surface area (TPSA) is 59.2 Å². The third-order valence-electron chi connectivity index (χ3n) is 3.51. The van der Waals surface area contributed by atoms with Gasteiger partial charge in [-0.1, -0.05) is 35.9 Å². The van der Waals surface area contributed by atoms with Gasteiger partial charge in [0.1, 0.15) is 0 Å². The molecule has 1 aromatic heterocycles. The van der Waals surface area contributed by atoms with Gasteiger partial charge < -0.3 is 9.32 Å². The summed E-state index contributed by atoms with van der Waals surface area (Å²) in [6.07, 6.45) is 0. The van der Waals surface area contributed by atoms with Crippen LogP contribution in [0.5, 0.6) is 0 Å². The van der Waals surface area contributed by atoms with Crippen molar-refractivity contribution >= 4 is 5.91 Å². The second-order valence-electron chi connectivity index (χ2n) is 5.39. The van der Waals surface area contributed by atoms with Crippen LogP contribution in [0.1, 0.15) is 21.8 Å². The molecule has 0 unspecified atom stereocenters. The molecule has 116 valence electrons. The molecule has 0 saturated carbocycles. The Hall–Kier alpha value is -2.95. The third kappa shape index (κ3) is 3.45. The van der Waals surface area contributed by atoms with Crippen LogP contribution in [-0.2, 0) is 6.54 Å². The maximum absolute atomic E-state index is 12.3. The lowest BCUT2D eigenvalue weighted by Crippen LogP contribution is -2.26. The van der Waals surface area contributed by atoms with Crippen molar-refractivity contribution in [1.29, 1.82) is 0 Å². The Morgan fingerprint density at radius 1 is 1.04 bits per heavy atom. The van der Waals surface area contributed by atoms with E-state index in [1.807, 2.05) is 49.4 Å². The van der Waals surface area contributed by atoms with E-state index in [0.29, 0.717) is 17.3 Å². The summed E-state index contributed by atoms with van der Waals surface area (Å²) in [7, 11) is 1.71. The van der Waals surface area contributed by atoms with Crippen LogP contribution in [0.2, 0.25) is 0 Å². The predicted octanol–water partition coefficient (Wildman–Crippen LogP) is 3.32. The number of aromatic nitrogens is 2. The monoisotopic (exact) mass is 307 g/mol. The van der Waals surface area contributed by atoms with E-state index in [2.05, 4.69) is 10.2 Å². The van der Waals surface area contributed by atoms with Crippen LogP contribution in [-0.4, -0.2) is 28.1 Å². The summed E-state index contributed by atoms with van der Waals surface area (Å²) in [6, 6.07) is 17.0. The quantitative estimate of drug-likeness (QED) is 0.742. The first-order valence-electron chi connectivity index (χ1n) is 7.33. The highest BCUT2D eigenvalue weighted by Crippen LogP contribution is 2.19. The van der Waals surface area contributed by atoms with E-state index in [0.717, 1.165) is 5.56 Å². The molecule has 2 aromatic carbocycles. The number of rotatable bonds is 4. The molecule has 0 aliphatic heterocycles. The fraction of sp³-hybridized carbons (Fsp3) is 0.167. The minimum absolute atomic E-state index is 0.0827. The Balaban J connectivity index is 1.71. The first-order valence-corrected chi connectivity index (χ1v) is 7.33. The van der Waals surface area contributed by atoms with Gasteiger partial charge in [-0.05, 0) is 31.2 Å². The minimum atomic E-state index is -0.0827. The van der Waals surface area contributed by atoms with E-state index in [1.165, 1.54) is 5.56 Å². The Kier molecular flexibility index (Phi) is 4.19. The standard InChI is InChI=1S/C18H17N3O2/c1-13-8-10-14(11-9-13)17-20-19-16(23-17)12-21(2)18(22)15-6-4-3-5-7-15/h3-11H,12H2,1-2H3. The molecule has 3 aromatic rings. The van der Waals surface area contributed by atoms with Gasteiger partial charge in [0.2, 0.25) is 11.8 Å². The van der Waals surface area contributed by atoms with Gasteiger partial charge in [-0.15, -0.1) is 10.2 Å². The van der Waals surface area contributed by atoms with Crippen LogP contribution in [0.4, 0.5) is 0 Å². The smallest absolute Gasteiger partial charge is 0.254 e. The molecule has 0 bridgehead atoms. The molecule has 0 saturated heterocycles. The zero-order valence-corrected chi connectivity index (χ0v) is 13.1. The van der Waals surface area contributed by atoms with Gasteiger partial charge in [0.05, 0.1) is 6.54 Å². The molecule has 1 amide bonds. The van der Waals surface area contributed by atoms with Crippen LogP contribution in [0.3, 0.4) is 0 Å². The largest absolute Gasteiger partial charge is 0.419 e. The SMILES string of the molecule is Cc1ccc(-c2nnc(CN(C)C(=O)c3ccccc3)o2)cc1. The van der Waals surface area contributed by atoms with Crippen molar-refractivity contribution in [2.75, 3.05) is 7.05 Å². The molecule has 0 N–H and O–H groups in total. The van der Waals surface area contributed by atoms with Crippen LogP contribution in [0.15, 0.2) is 59.0 Å². The molecule has 0 radical (unpaired) electrons. The van der Waals surface area contributed by atoms with Gasteiger partial charge in [-0.25, -0.2) is 0 Å². The number of aryl methyl sites for hydroxylation is 1. The Morgan fingerprint density at radius 3 is 2.43 bits per heavy atom. The Bertz CT molecular complexity index is 795. The number of hydrogen-bond donors (Lipinski definition) is 0. The summed E-state index contributed by atoms with van der Waals surface area (Å²) < 4.78 is 5.65. The van der Waals surface area contributed by atoms with Crippen LogP contribution >= 0.6 is 0 Å². The second kappa shape index (κ2) is 6.44. The normalized spacial score (nSPS) is 10.5. The first kappa shape index (κ1) is 15.0. The number of hydrogen-bond acceptors (Lipinski definition) is 4. The molecular weight excluding hydrogens is 290 g/mol. The van der Waals surface area contributed by atoms with Crippen LogP contribution in [0.25, 0.3) is 11.5 Å². The van der Waals surface area contributed by atoms with E-state index in [1.54, 1.807) is 24.1 Å². The van der Waals surface area contributed by atoms with Crippen molar-refractivity contribution in [3.05, 3.63) is 71.6 Å². The summed E-state index contributed by atoms with van der Waals surface area (Å²) in [6.45, 7) is 2.29. The molecule has 3 rings (SSSR count). The third-order valence-corrected chi connectivity index (χ3v) is 3.51. The molecule has 23 heavy (non-hydrogen) atoms. The van der Waals surface area contributed by atoms with Gasteiger partial charge in [0.15, 0.2) is 0 Å². The number of benzene rings is 2. The van der Waals surface area contributed by atoms with Gasteiger partial charge >= 0.3 is 0 Å². The molecule has 0 aliphatic carbocycles. The Morgan fingerprint density at radius 2 is 1.74 bits per heavy atom. The molecule has 5 heteroatoms. The van der Waals surface area contributed by atoms with Crippen molar-refractivity contribution in [2.45, 2.75) is 13.5 Å². The molecule has 0 fully saturated rings. The van der Waals surface area contributed by atoms with E-state index in [-0.39, 0.29) is 12.5 Å². The zero-order valence-electron chi connectivity index (χ0n) is 13.1. The van der Waals surface area contributed by atoms with Crippen molar-refractivity contribution < 1.29 is 9.21 Å². The van der Waals surface area contributed by atoms with E-state index in [9.17, 15) is 4.79 Å². The maximum atomic E-state index is 12.3. The van der Waals surface area contributed by atoms with Crippen molar-refractivity contribution in [3.8, 4) is 11.5 Å². The molecular formula is C18H17N3O2. The summed E-state index contributed by atoms with van der Waals surface area (Å²) in [4.78, 5) is 13.9. The summed E-state index contributed by atoms with van der Waals surface area (Å²) in [5.74, 6) is 0.786. The minimum Gasteiger partial charge on any atom is -0.419 e. The van der Waals surface area contributed by atoms with Crippen LogP contribution in [0, 0.1) is 6.92 Å². The number of carbonyl (C=O) groups excluding carboxylic acids is 1. The fourth-order valence-electron chi connectivity index (χ4n) is 2.21. The highest BCUT2D eigenvalue weighted by molar-refractivity contribution is 5.93. The highest BCUT2D eigenvalue weighted by atomic mass is 16.4. The molecule has 5 nitrogen and oxygen atoms in total. The van der Waals surface area contributed by atoms with Gasteiger partial charge in [-0.2, -0.15) is 0 Å². The van der Waals surface area contributed by atoms with Crippen molar-refractivity contribution in [3.63, 3.8) is 0 Å². The van der Waals surface area contributed by atoms with Gasteiger partial charge in [0.25, 0.3) is 5.91 Å². The van der Waals surface area contributed by atoms with Gasteiger partial charge in [0, 0.05) is 18.2 Å². The predicted molar refractivity (Wildman–Crippen MR) is 86.7 cm³/mol. The van der Waals surface area contributed by atoms with Gasteiger partial charge in [-0.3, -0.25) is 4.79 Å². The first-order chi connectivity index (χ1) is 11.1. The average molecular weight is 307 g/mol.